The molecule has 0 fully saturated rings. The van der Waals surface area contributed by atoms with Crippen LogP contribution in [0.25, 0.3) is 11.1 Å². The third-order valence-corrected chi connectivity index (χ3v) is 9.77. The summed E-state index contributed by atoms with van der Waals surface area (Å²) < 4.78 is 7.02. The summed E-state index contributed by atoms with van der Waals surface area (Å²) in [6, 6.07) is 21.1. The van der Waals surface area contributed by atoms with Crippen molar-refractivity contribution in [3.05, 3.63) is 152 Å². The highest BCUT2D eigenvalue weighted by Gasteiger charge is 2.37. The van der Waals surface area contributed by atoms with E-state index >= 15 is 0 Å². The van der Waals surface area contributed by atoms with Crippen molar-refractivity contribution in [3.8, 4) is 0 Å². The van der Waals surface area contributed by atoms with Crippen LogP contribution in [-0.2, 0) is 9.59 Å². The number of rotatable bonds is 4. The van der Waals surface area contributed by atoms with E-state index in [1.54, 1.807) is 0 Å². The third kappa shape index (κ3) is 7.88. The number of carbonyl (C=O) groups excluding carboxylic acids is 2. The van der Waals surface area contributed by atoms with Gasteiger partial charge in [0.2, 0.25) is 0 Å². The summed E-state index contributed by atoms with van der Waals surface area (Å²) in [5.41, 5.74) is 9.86. The number of Topliss-reactive ketones (excluding diaryl/α,β-unsaturated/α-hetero) is 2. The first-order valence-electron chi connectivity index (χ1n) is 18.2. The van der Waals surface area contributed by atoms with Crippen LogP contribution in [0.1, 0.15) is 117 Å². The highest BCUT2D eigenvalue weighted by Crippen LogP contribution is 2.45. The van der Waals surface area contributed by atoms with Gasteiger partial charge in [0.1, 0.15) is 11.5 Å². The van der Waals surface area contributed by atoms with Gasteiger partial charge in [-0.05, 0) is 94.2 Å². The zero-order valence-corrected chi connectivity index (χ0v) is 33.3. The molecule has 0 atom stereocenters. The molecule has 266 valence electrons. The smallest absolute Gasteiger partial charge is 0.186 e. The van der Waals surface area contributed by atoms with Gasteiger partial charge in [-0.25, -0.2) is 0 Å². The second kappa shape index (κ2) is 13.2. The number of allylic oxidation sites excluding steroid dienone is 10. The SMILES string of the molecule is Cc1ccc(C(=C2C=C(C(C)(C)C)C(=O)C(C(C)(C)C)=C2)c2ccc(C(=C3C=C(C(C)(C)C)C(=O)C(C(C)(C)C)=C3)c3ccc(C)cc3)o2)cc1. The summed E-state index contributed by atoms with van der Waals surface area (Å²) in [6.45, 7) is 29.4. The zero-order chi connectivity index (χ0) is 37.8. The van der Waals surface area contributed by atoms with Crippen LogP contribution in [-0.4, -0.2) is 11.6 Å². The second-order valence-electron chi connectivity index (χ2n) is 18.4. The Labute approximate surface area is 306 Å². The molecule has 0 amide bonds. The minimum absolute atomic E-state index is 0.100. The van der Waals surface area contributed by atoms with E-state index in [9.17, 15) is 9.59 Å². The van der Waals surface area contributed by atoms with Gasteiger partial charge < -0.3 is 4.42 Å². The van der Waals surface area contributed by atoms with Gasteiger partial charge in [0.05, 0.1) is 0 Å². The molecule has 0 radical (unpaired) electrons. The topological polar surface area (TPSA) is 47.3 Å². The van der Waals surface area contributed by atoms with E-state index in [0.717, 1.165) is 55.7 Å². The second-order valence-corrected chi connectivity index (χ2v) is 18.4. The number of hydrogen-bond acceptors (Lipinski definition) is 3. The average Bonchev–Trinajstić information content (AvgIpc) is 3.47. The van der Waals surface area contributed by atoms with Crippen molar-refractivity contribution in [2.75, 3.05) is 0 Å². The largest absolute Gasteiger partial charge is 0.456 e. The molecule has 0 saturated heterocycles. The number of ketones is 2. The summed E-state index contributed by atoms with van der Waals surface area (Å²) >= 11 is 0. The molecule has 5 rings (SSSR count). The van der Waals surface area contributed by atoms with E-state index in [2.05, 4.69) is 182 Å². The van der Waals surface area contributed by atoms with E-state index in [1.807, 2.05) is 0 Å². The fraction of sp³-hybridized carbons (Fsp3) is 0.375. The lowest BCUT2D eigenvalue weighted by atomic mass is 9.71. The summed E-state index contributed by atoms with van der Waals surface area (Å²) in [5.74, 6) is 1.63. The first kappa shape index (κ1) is 37.7. The molecule has 2 aliphatic carbocycles. The molecule has 0 saturated carbocycles. The lowest BCUT2D eigenvalue weighted by molar-refractivity contribution is -0.114. The van der Waals surface area contributed by atoms with Crippen molar-refractivity contribution in [2.24, 2.45) is 21.7 Å². The normalized spacial score (nSPS) is 16.1. The van der Waals surface area contributed by atoms with Crippen LogP contribution in [0, 0.1) is 35.5 Å². The van der Waals surface area contributed by atoms with E-state index < -0.39 is 0 Å². The number of benzene rings is 2. The Balaban J connectivity index is 1.87. The van der Waals surface area contributed by atoms with E-state index in [0.29, 0.717) is 11.5 Å². The van der Waals surface area contributed by atoms with Gasteiger partial charge in [0.15, 0.2) is 11.6 Å². The molecule has 2 aliphatic rings. The van der Waals surface area contributed by atoms with Crippen molar-refractivity contribution in [1.82, 2.24) is 0 Å². The zero-order valence-electron chi connectivity index (χ0n) is 33.3. The van der Waals surface area contributed by atoms with E-state index in [1.165, 1.54) is 11.1 Å². The monoisotopic (exact) mass is 680 g/mol. The summed E-state index contributed by atoms with van der Waals surface area (Å²) in [4.78, 5) is 27.9. The van der Waals surface area contributed by atoms with Crippen LogP contribution < -0.4 is 0 Å². The molecule has 3 heteroatoms. The maximum Gasteiger partial charge on any atom is 0.186 e. The minimum atomic E-state index is -0.352. The third-order valence-electron chi connectivity index (χ3n) is 9.77. The molecule has 0 spiro atoms. The Morgan fingerprint density at radius 2 is 0.667 bits per heavy atom. The van der Waals surface area contributed by atoms with Crippen LogP contribution in [0.15, 0.2) is 123 Å². The van der Waals surface area contributed by atoms with Crippen molar-refractivity contribution in [3.63, 3.8) is 0 Å². The Kier molecular flexibility index (Phi) is 9.80. The van der Waals surface area contributed by atoms with Gasteiger partial charge in [-0.1, -0.05) is 143 Å². The van der Waals surface area contributed by atoms with Gasteiger partial charge in [0, 0.05) is 33.4 Å². The molecule has 1 aromatic heterocycles. The van der Waals surface area contributed by atoms with E-state index in [-0.39, 0.29) is 33.2 Å². The molecule has 0 N–H and O–H groups in total. The molecule has 3 nitrogen and oxygen atoms in total. The van der Waals surface area contributed by atoms with Crippen molar-refractivity contribution in [1.29, 1.82) is 0 Å². The highest BCUT2D eigenvalue weighted by molar-refractivity contribution is 6.13. The predicted molar refractivity (Wildman–Crippen MR) is 213 cm³/mol. The Morgan fingerprint density at radius 3 is 0.902 bits per heavy atom. The van der Waals surface area contributed by atoms with Crippen molar-refractivity contribution in [2.45, 2.75) is 96.9 Å². The number of furan rings is 1. The molecule has 0 bridgehead atoms. The first-order chi connectivity index (χ1) is 23.5. The van der Waals surface area contributed by atoms with Gasteiger partial charge in [0.25, 0.3) is 0 Å². The average molecular weight is 681 g/mol. The molecule has 3 aromatic rings. The molecule has 0 unspecified atom stereocenters. The molecule has 0 aliphatic heterocycles. The molecule has 1 heterocycles. The molecular weight excluding hydrogens is 625 g/mol. The Bertz CT molecular complexity index is 1840. The standard InChI is InChI=1S/C48H56O3/c1-29-15-19-31(20-16-29)41(33-25-35(45(3,4)5)43(49)36(26-33)46(6,7)8)39-23-24-40(51-39)42(32-21-17-30(2)18-22-32)34-27-37(47(9,10)11)44(50)38(28-34)48(12,13)14/h15-28H,1-14H3. The number of carbonyl (C=O) groups is 2. The maximum absolute atomic E-state index is 13.9. The van der Waals surface area contributed by atoms with Crippen LogP contribution in [0.5, 0.6) is 0 Å². The van der Waals surface area contributed by atoms with Crippen LogP contribution in [0.2, 0.25) is 0 Å². The lowest BCUT2D eigenvalue weighted by Crippen LogP contribution is -2.28. The maximum atomic E-state index is 13.9. The fourth-order valence-electron chi connectivity index (χ4n) is 6.72. The minimum Gasteiger partial charge on any atom is -0.456 e. The quantitative estimate of drug-likeness (QED) is 0.275. The van der Waals surface area contributed by atoms with Crippen molar-refractivity contribution >= 4 is 22.7 Å². The Morgan fingerprint density at radius 1 is 0.412 bits per heavy atom. The molecule has 2 aromatic carbocycles. The van der Waals surface area contributed by atoms with Gasteiger partial charge in [-0.3, -0.25) is 9.59 Å². The summed E-state index contributed by atoms with van der Waals surface area (Å²) in [7, 11) is 0. The summed E-state index contributed by atoms with van der Waals surface area (Å²) in [6.07, 6.45) is 8.27. The van der Waals surface area contributed by atoms with Crippen LogP contribution in [0.4, 0.5) is 0 Å². The number of hydrogen-bond donors (Lipinski definition) is 0. The molecule has 51 heavy (non-hydrogen) atoms. The van der Waals surface area contributed by atoms with E-state index in [4.69, 9.17) is 4.42 Å². The summed E-state index contributed by atoms with van der Waals surface area (Å²) in [5, 5.41) is 0. The fourth-order valence-corrected chi connectivity index (χ4v) is 6.72. The first-order valence-corrected chi connectivity index (χ1v) is 18.2. The van der Waals surface area contributed by atoms with Gasteiger partial charge in [-0.15, -0.1) is 0 Å². The number of aryl methyl sites for hydroxylation is 2. The molecular formula is C48H56O3. The Hall–Kier alpha value is -4.50. The highest BCUT2D eigenvalue weighted by atomic mass is 16.3. The van der Waals surface area contributed by atoms with Crippen molar-refractivity contribution < 1.29 is 14.0 Å². The van der Waals surface area contributed by atoms with Crippen LogP contribution >= 0.6 is 0 Å². The van der Waals surface area contributed by atoms with Crippen LogP contribution in [0.3, 0.4) is 0 Å². The lowest BCUT2D eigenvalue weighted by Gasteiger charge is -2.32. The predicted octanol–water partition coefficient (Wildman–Crippen LogP) is 12.6. The van der Waals surface area contributed by atoms with Gasteiger partial charge in [-0.2, -0.15) is 0 Å². The van der Waals surface area contributed by atoms with Gasteiger partial charge >= 0.3 is 0 Å².